The molecule has 8 nitrogen and oxygen atoms in total. The van der Waals surface area contributed by atoms with Gasteiger partial charge in [0.05, 0.1) is 52.6 Å². The van der Waals surface area contributed by atoms with Crippen LogP contribution in [0.3, 0.4) is 0 Å². The summed E-state index contributed by atoms with van der Waals surface area (Å²) < 4.78 is 22.3. The van der Waals surface area contributed by atoms with E-state index in [0.29, 0.717) is 42.4 Å². The van der Waals surface area contributed by atoms with Crippen molar-refractivity contribution >= 4 is 5.91 Å². The molecule has 3 aliphatic rings. The molecule has 8 heteroatoms. The van der Waals surface area contributed by atoms with Crippen molar-refractivity contribution in [2.45, 2.75) is 37.0 Å². The Labute approximate surface area is 194 Å². The molecule has 0 spiro atoms. The van der Waals surface area contributed by atoms with Crippen molar-refractivity contribution < 1.29 is 23.7 Å². The van der Waals surface area contributed by atoms with Gasteiger partial charge >= 0.3 is 0 Å². The van der Waals surface area contributed by atoms with Crippen molar-refractivity contribution in [3.63, 3.8) is 0 Å². The van der Waals surface area contributed by atoms with Crippen molar-refractivity contribution in [3.8, 4) is 23.0 Å². The van der Waals surface area contributed by atoms with Crippen molar-refractivity contribution in [2.75, 3.05) is 42.0 Å². The number of hydrogen-bond acceptors (Lipinski definition) is 7. The zero-order valence-corrected chi connectivity index (χ0v) is 19.8. The van der Waals surface area contributed by atoms with Gasteiger partial charge in [-0.25, -0.2) is 0 Å². The van der Waals surface area contributed by atoms with E-state index >= 15 is 0 Å². The van der Waals surface area contributed by atoms with Crippen LogP contribution in [0.5, 0.6) is 23.0 Å². The highest BCUT2D eigenvalue weighted by atomic mass is 16.5. The number of ether oxygens (including phenoxy) is 4. The molecule has 2 N–H and O–H groups in total. The molecule has 3 aliphatic heterocycles. The molecular weight excluding hydrogens is 422 g/mol. The molecule has 0 saturated carbocycles. The lowest BCUT2D eigenvalue weighted by atomic mass is 9.75. The fourth-order valence-electron chi connectivity index (χ4n) is 6.02. The summed E-state index contributed by atoms with van der Waals surface area (Å²) >= 11 is 0. The Morgan fingerprint density at radius 2 is 1.36 bits per heavy atom. The van der Waals surface area contributed by atoms with E-state index in [1.165, 1.54) is 5.56 Å². The van der Waals surface area contributed by atoms with Crippen molar-refractivity contribution in [1.82, 2.24) is 9.80 Å². The van der Waals surface area contributed by atoms with E-state index < -0.39 is 0 Å². The van der Waals surface area contributed by atoms with Crippen LogP contribution in [0.15, 0.2) is 24.3 Å². The highest BCUT2D eigenvalue weighted by molar-refractivity contribution is 5.85. The van der Waals surface area contributed by atoms with E-state index in [1.54, 1.807) is 28.4 Å². The van der Waals surface area contributed by atoms with Gasteiger partial charge in [-0.2, -0.15) is 0 Å². The minimum Gasteiger partial charge on any atom is -0.493 e. The normalized spacial score (nSPS) is 25.6. The summed E-state index contributed by atoms with van der Waals surface area (Å²) in [6, 6.07) is 7.60. The topological polar surface area (TPSA) is 86.5 Å². The number of carbonyl (C=O) groups is 1. The zero-order valence-electron chi connectivity index (χ0n) is 19.8. The summed E-state index contributed by atoms with van der Waals surface area (Å²) in [5.74, 6) is 2.84. The molecule has 1 fully saturated rings. The first kappa shape index (κ1) is 21.9. The molecule has 176 valence electrons. The fraction of sp³-hybridized carbons (Fsp3) is 0.480. The zero-order chi connectivity index (χ0) is 23.4. The van der Waals surface area contributed by atoms with E-state index in [4.69, 9.17) is 24.7 Å². The second kappa shape index (κ2) is 8.11. The van der Waals surface area contributed by atoms with Gasteiger partial charge in [0.1, 0.15) is 0 Å². The molecule has 1 saturated heterocycles. The number of nitrogens with two attached hydrogens (primary N) is 1. The maximum atomic E-state index is 13.8. The Balaban J connectivity index is 1.67. The Bertz CT molecular complexity index is 1100. The minimum absolute atomic E-state index is 0.0200. The first-order chi connectivity index (χ1) is 16.0. The van der Waals surface area contributed by atoms with Gasteiger partial charge in [-0.05, 0) is 66.4 Å². The Morgan fingerprint density at radius 3 is 1.91 bits per heavy atom. The van der Waals surface area contributed by atoms with Crippen LogP contribution in [0.1, 0.15) is 34.3 Å². The second-order valence-electron chi connectivity index (χ2n) is 8.91. The third kappa shape index (κ3) is 3.08. The molecule has 0 aromatic heterocycles. The van der Waals surface area contributed by atoms with Crippen LogP contribution in [0, 0.1) is 0 Å². The first-order valence-electron chi connectivity index (χ1n) is 11.2. The minimum atomic E-state index is -0.243. The molecule has 5 rings (SSSR count). The quantitative estimate of drug-likeness (QED) is 0.742. The molecule has 4 atom stereocenters. The Kier molecular flexibility index (Phi) is 5.37. The summed E-state index contributed by atoms with van der Waals surface area (Å²) in [6.07, 6.45) is 1.33. The number of nitrogens with zero attached hydrogens (tertiary/aromatic N) is 2. The van der Waals surface area contributed by atoms with E-state index in [0.717, 1.165) is 16.7 Å². The molecule has 33 heavy (non-hydrogen) atoms. The van der Waals surface area contributed by atoms with Crippen LogP contribution in [0.25, 0.3) is 0 Å². The van der Waals surface area contributed by atoms with E-state index in [2.05, 4.69) is 11.0 Å². The molecular formula is C25H31N3O5. The lowest BCUT2D eigenvalue weighted by molar-refractivity contribution is -0.156. The average Bonchev–Trinajstić information content (AvgIpc) is 2.84. The van der Waals surface area contributed by atoms with Crippen LogP contribution in [-0.4, -0.2) is 69.8 Å². The van der Waals surface area contributed by atoms with E-state index in [9.17, 15) is 4.79 Å². The lowest BCUT2D eigenvalue weighted by Gasteiger charge is -2.57. The van der Waals surface area contributed by atoms with Crippen molar-refractivity contribution in [3.05, 3.63) is 46.5 Å². The molecule has 2 aromatic rings. The number of benzene rings is 2. The number of likely N-dealkylation sites (N-methyl/N-ethyl adjacent to an activating group) is 1. The van der Waals surface area contributed by atoms with Crippen molar-refractivity contribution in [2.24, 2.45) is 5.73 Å². The third-order valence-electron chi connectivity index (χ3n) is 7.56. The predicted molar refractivity (Wildman–Crippen MR) is 123 cm³/mol. The third-order valence-corrected chi connectivity index (χ3v) is 7.56. The largest absolute Gasteiger partial charge is 0.493 e. The Hall–Kier alpha value is -2.97. The molecule has 1 amide bonds. The molecule has 2 bridgehead atoms. The van der Waals surface area contributed by atoms with Gasteiger partial charge in [0.25, 0.3) is 0 Å². The summed E-state index contributed by atoms with van der Waals surface area (Å²) in [7, 11) is 8.60. The number of carbonyl (C=O) groups excluding carboxylic acids is 1. The predicted octanol–water partition coefficient (Wildman–Crippen LogP) is 2.09. The fourth-order valence-corrected chi connectivity index (χ4v) is 6.02. The summed E-state index contributed by atoms with van der Waals surface area (Å²) in [5, 5.41) is 0. The maximum absolute atomic E-state index is 13.8. The molecule has 3 heterocycles. The highest BCUT2D eigenvalue weighted by Gasteiger charge is 2.53. The van der Waals surface area contributed by atoms with E-state index in [1.807, 2.05) is 30.1 Å². The first-order valence-corrected chi connectivity index (χ1v) is 11.2. The summed E-state index contributed by atoms with van der Waals surface area (Å²) in [4.78, 5) is 18.1. The average molecular weight is 454 g/mol. The van der Waals surface area contributed by atoms with Crippen LogP contribution in [0.2, 0.25) is 0 Å². The molecule has 0 radical (unpaired) electrons. The van der Waals surface area contributed by atoms with Gasteiger partial charge in [0, 0.05) is 6.54 Å². The highest BCUT2D eigenvalue weighted by Crippen LogP contribution is 2.50. The van der Waals surface area contributed by atoms with Gasteiger partial charge in [0.15, 0.2) is 23.0 Å². The summed E-state index contributed by atoms with van der Waals surface area (Å²) in [5.41, 5.74) is 10.8. The number of hydrogen-bond donors (Lipinski definition) is 1. The molecule has 0 aliphatic carbocycles. The number of rotatable bonds is 5. The van der Waals surface area contributed by atoms with Gasteiger partial charge in [0.2, 0.25) is 5.91 Å². The number of methoxy groups -OCH3 is 4. The second-order valence-corrected chi connectivity index (χ2v) is 8.91. The van der Waals surface area contributed by atoms with Gasteiger partial charge < -0.3 is 29.6 Å². The Morgan fingerprint density at radius 1 is 0.848 bits per heavy atom. The van der Waals surface area contributed by atoms with Crippen LogP contribution in [-0.2, 0) is 17.6 Å². The van der Waals surface area contributed by atoms with Gasteiger partial charge in [-0.15, -0.1) is 0 Å². The van der Waals surface area contributed by atoms with Crippen molar-refractivity contribution in [1.29, 1.82) is 0 Å². The maximum Gasteiger partial charge on any atom is 0.241 e. The monoisotopic (exact) mass is 453 g/mol. The smallest absolute Gasteiger partial charge is 0.241 e. The molecule has 0 unspecified atom stereocenters. The summed E-state index contributed by atoms with van der Waals surface area (Å²) in [6.45, 7) is 0.340. The van der Waals surface area contributed by atoms with Crippen LogP contribution < -0.4 is 24.7 Å². The van der Waals surface area contributed by atoms with Gasteiger partial charge in [-0.1, -0.05) is 0 Å². The lowest BCUT2D eigenvalue weighted by Crippen LogP contribution is -2.67. The number of piperazine rings is 1. The number of fused-ring (bicyclic) bond motifs is 7. The SMILES string of the molecule is COc1cc2c(cc1OC)[C@@H]1[C@@H]3Cc4cc(OC)c(OC)cc4[C@H](CN)N3C(=O)[C@H](C2)N1C. The number of amides is 1. The van der Waals surface area contributed by atoms with E-state index in [-0.39, 0.29) is 30.1 Å². The van der Waals surface area contributed by atoms with Crippen LogP contribution >= 0.6 is 0 Å². The van der Waals surface area contributed by atoms with Gasteiger partial charge in [-0.3, -0.25) is 9.69 Å². The molecule has 2 aromatic carbocycles. The van der Waals surface area contributed by atoms with Crippen LogP contribution in [0.4, 0.5) is 0 Å². The standard InChI is InChI=1S/C25H31N3O5/c1-27-18-7-14-9-21(31-3)23(33-5)11-16(14)24(27)17-6-13-8-20(30-2)22(32-4)10-15(13)19(12-26)28(17)25(18)29/h8-11,17-19,24H,6-7,12,26H2,1-5H3/t17-,18-,19-,24+/m0/s1.